The van der Waals surface area contributed by atoms with Crippen molar-refractivity contribution in [3.05, 3.63) is 35.7 Å². The number of nitrogens with zero attached hydrogens (tertiary/aromatic N) is 2. The van der Waals surface area contributed by atoms with Crippen LogP contribution in [0, 0.1) is 6.92 Å². The predicted octanol–water partition coefficient (Wildman–Crippen LogP) is 2.47. The van der Waals surface area contributed by atoms with E-state index < -0.39 is 0 Å². The molecule has 88 valence electrons. The van der Waals surface area contributed by atoms with Crippen LogP contribution >= 0.6 is 0 Å². The highest BCUT2D eigenvalue weighted by atomic mass is 16.5. The lowest BCUT2D eigenvalue weighted by molar-refractivity contribution is 0.345. The maximum Gasteiger partial charge on any atom is 0.244 e. The summed E-state index contributed by atoms with van der Waals surface area (Å²) in [5.41, 5.74) is 2.21. The molecule has 0 radical (unpaired) electrons. The van der Waals surface area contributed by atoms with Gasteiger partial charge in [0.15, 0.2) is 0 Å². The molecule has 1 saturated heterocycles. The minimum Gasteiger partial charge on any atom is -0.337 e. The maximum absolute atomic E-state index is 5.32. The molecule has 1 aliphatic heterocycles. The fourth-order valence-corrected chi connectivity index (χ4v) is 2.17. The van der Waals surface area contributed by atoms with E-state index in [2.05, 4.69) is 34.5 Å². The average molecular weight is 229 g/mol. The first-order chi connectivity index (χ1) is 8.33. The third-order valence-electron chi connectivity index (χ3n) is 3.08. The van der Waals surface area contributed by atoms with Gasteiger partial charge < -0.3 is 9.84 Å². The Kier molecular flexibility index (Phi) is 2.65. The van der Waals surface area contributed by atoms with Gasteiger partial charge in [-0.2, -0.15) is 4.98 Å². The van der Waals surface area contributed by atoms with Crippen LogP contribution in [-0.4, -0.2) is 16.7 Å². The Labute approximate surface area is 100 Å². The number of aryl methyl sites for hydroxylation is 1. The maximum atomic E-state index is 5.32. The number of benzene rings is 1. The Bertz CT molecular complexity index is 515. The molecule has 3 rings (SSSR count). The first-order valence-corrected chi connectivity index (χ1v) is 5.97. The number of rotatable bonds is 2. The molecule has 2 heterocycles. The number of hydrogen-bond acceptors (Lipinski definition) is 4. The van der Waals surface area contributed by atoms with Crippen molar-refractivity contribution in [3.8, 4) is 11.4 Å². The molecular formula is C13H15N3O. The van der Waals surface area contributed by atoms with Crippen molar-refractivity contribution in [2.24, 2.45) is 0 Å². The molecule has 1 fully saturated rings. The SMILES string of the molecule is Cc1cccc(-c2noc(C3CCCN3)n2)c1. The van der Waals surface area contributed by atoms with Crippen LogP contribution in [0.5, 0.6) is 0 Å². The number of aromatic nitrogens is 2. The first-order valence-electron chi connectivity index (χ1n) is 5.97. The molecule has 17 heavy (non-hydrogen) atoms. The zero-order valence-corrected chi connectivity index (χ0v) is 9.81. The molecule has 1 aliphatic rings. The van der Waals surface area contributed by atoms with Gasteiger partial charge in [-0.25, -0.2) is 0 Å². The summed E-state index contributed by atoms with van der Waals surface area (Å²) in [6.45, 7) is 3.09. The van der Waals surface area contributed by atoms with Crippen LogP contribution in [0.15, 0.2) is 28.8 Å². The first kappa shape index (κ1) is 10.5. The van der Waals surface area contributed by atoms with E-state index in [1.807, 2.05) is 12.1 Å². The molecule has 0 amide bonds. The summed E-state index contributed by atoms with van der Waals surface area (Å²) < 4.78 is 5.32. The summed E-state index contributed by atoms with van der Waals surface area (Å²) in [7, 11) is 0. The topological polar surface area (TPSA) is 51.0 Å². The van der Waals surface area contributed by atoms with Gasteiger partial charge >= 0.3 is 0 Å². The fourth-order valence-electron chi connectivity index (χ4n) is 2.17. The molecule has 0 spiro atoms. The smallest absolute Gasteiger partial charge is 0.244 e. The molecule has 0 saturated carbocycles. The van der Waals surface area contributed by atoms with E-state index in [0.717, 1.165) is 18.5 Å². The molecule has 1 unspecified atom stereocenters. The van der Waals surface area contributed by atoms with Gasteiger partial charge in [0.25, 0.3) is 0 Å². The highest BCUT2D eigenvalue weighted by Gasteiger charge is 2.22. The Morgan fingerprint density at radius 1 is 1.41 bits per heavy atom. The minimum atomic E-state index is 0.237. The molecule has 1 aromatic carbocycles. The fraction of sp³-hybridized carbons (Fsp3) is 0.385. The Hall–Kier alpha value is -1.68. The molecule has 2 aromatic rings. The van der Waals surface area contributed by atoms with Crippen LogP contribution in [0.1, 0.15) is 30.3 Å². The summed E-state index contributed by atoms with van der Waals surface area (Å²) in [6.07, 6.45) is 2.25. The zero-order valence-electron chi connectivity index (χ0n) is 9.81. The molecular weight excluding hydrogens is 214 g/mol. The van der Waals surface area contributed by atoms with E-state index in [-0.39, 0.29) is 6.04 Å². The molecule has 0 aliphatic carbocycles. The van der Waals surface area contributed by atoms with Crippen molar-refractivity contribution < 1.29 is 4.52 Å². The monoisotopic (exact) mass is 229 g/mol. The van der Waals surface area contributed by atoms with Crippen molar-refractivity contribution in [1.29, 1.82) is 0 Å². The van der Waals surface area contributed by atoms with Gasteiger partial charge in [0.1, 0.15) is 0 Å². The van der Waals surface area contributed by atoms with Crippen molar-refractivity contribution in [3.63, 3.8) is 0 Å². The largest absolute Gasteiger partial charge is 0.337 e. The van der Waals surface area contributed by atoms with Crippen molar-refractivity contribution in [2.45, 2.75) is 25.8 Å². The van der Waals surface area contributed by atoms with Crippen molar-refractivity contribution in [1.82, 2.24) is 15.5 Å². The average Bonchev–Trinajstić information content (AvgIpc) is 3.00. The van der Waals surface area contributed by atoms with E-state index >= 15 is 0 Å². The van der Waals surface area contributed by atoms with Crippen molar-refractivity contribution in [2.75, 3.05) is 6.54 Å². The summed E-state index contributed by atoms with van der Waals surface area (Å²) in [5, 5.41) is 7.40. The predicted molar refractivity (Wildman–Crippen MR) is 64.4 cm³/mol. The van der Waals surface area contributed by atoms with Gasteiger partial charge in [-0.15, -0.1) is 0 Å². The molecule has 1 atom stereocenters. The molecule has 4 heteroatoms. The second-order valence-corrected chi connectivity index (χ2v) is 4.47. The summed E-state index contributed by atoms with van der Waals surface area (Å²) in [6, 6.07) is 8.37. The molecule has 1 N–H and O–H groups in total. The summed E-state index contributed by atoms with van der Waals surface area (Å²) in [4.78, 5) is 4.46. The standard InChI is InChI=1S/C13H15N3O/c1-9-4-2-5-10(8-9)12-15-13(17-16-12)11-6-3-7-14-11/h2,4-5,8,11,14H,3,6-7H2,1H3. The lowest BCUT2D eigenvalue weighted by Gasteiger charge is -2.01. The van der Waals surface area contributed by atoms with E-state index in [1.165, 1.54) is 12.0 Å². The minimum absolute atomic E-state index is 0.237. The highest BCUT2D eigenvalue weighted by molar-refractivity contribution is 5.55. The lowest BCUT2D eigenvalue weighted by atomic mass is 10.1. The quantitative estimate of drug-likeness (QED) is 0.859. The molecule has 4 nitrogen and oxygen atoms in total. The third-order valence-corrected chi connectivity index (χ3v) is 3.08. The van der Waals surface area contributed by atoms with Gasteiger partial charge in [0, 0.05) is 5.56 Å². The van der Waals surface area contributed by atoms with Crippen LogP contribution in [-0.2, 0) is 0 Å². The van der Waals surface area contributed by atoms with E-state index in [4.69, 9.17) is 4.52 Å². The van der Waals surface area contributed by atoms with Gasteiger partial charge in [-0.05, 0) is 32.4 Å². The van der Waals surface area contributed by atoms with Gasteiger partial charge in [0.2, 0.25) is 11.7 Å². The third kappa shape index (κ3) is 2.08. The normalized spacial score (nSPS) is 19.7. The summed E-state index contributed by atoms with van der Waals surface area (Å²) >= 11 is 0. The van der Waals surface area contributed by atoms with Crippen LogP contribution in [0.3, 0.4) is 0 Å². The van der Waals surface area contributed by atoms with E-state index in [0.29, 0.717) is 11.7 Å². The lowest BCUT2D eigenvalue weighted by Crippen LogP contribution is -2.12. The molecule has 0 bridgehead atoms. The van der Waals surface area contributed by atoms with Crippen LogP contribution in [0.25, 0.3) is 11.4 Å². The van der Waals surface area contributed by atoms with Crippen LogP contribution < -0.4 is 5.32 Å². The highest BCUT2D eigenvalue weighted by Crippen LogP contribution is 2.24. The second kappa shape index (κ2) is 4.30. The van der Waals surface area contributed by atoms with Crippen LogP contribution in [0.4, 0.5) is 0 Å². The van der Waals surface area contributed by atoms with Crippen molar-refractivity contribution >= 4 is 0 Å². The van der Waals surface area contributed by atoms with Gasteiger partial charge in [-0.3, -0.25) is 0 Å². The van der Waals surface area contributed by atoms with Gasteiger partial charge in [0.05, 0.1) is 6.04 Å². The van der Waals surface area contributed by atoms with E-state index in [1.54, 1.807) is 0 Å². The Balaban J connectivity index is 1.89. The Morgan fingerprint density at radius 2 is 2.35 bits per heavy atom. The van der Waals surface area contributed by atoms with E-state index in [9.17, 15) is 0 Å². The number of nitrogens with one attached hydrogen (secondary N) is 1. The van der Waals surface area contributed by atoms with Gasteiger partial charge in [-0.1, -0.05) is 28.9 Å². The zero-order chi connectivity index (χ0) is 11.7. The second-order valence-electron chi connectivity index (χ2n) is 4.47. The summed E-state index contributed by atoms with van der Waals surface area (Å²) in [5.74, 6) is 1.39. The number of hydrogen-bond donors (Lipinski definition) is 1. The Morgan fingerprint density at radius 3 is 3.12 bits per heavy atom. The molecule has 1 aromatic heterocycles. The van der Waals surface area contributed by atoms with Crippen LogP contribution in [0.2, 0.25) is 0 Å².